The highest BCUT2D eigenvalue weighted by molar-refractivity contribution is 5.03. The van der Waals surface area contributed by atoms with Gasteiger partial charge in [0, 0.05) is 36.8 Å². The Morgan fingerprint density at radius 3 is 2.06 bits per heavy atom. The molecule has 2 nitrogen and oxygen atoms in total. The maximum atomic E-state index is 12.9. The maximum Gasteiger partial charge on any atom is 0.125 e. The molecule has 0 radical (unpaired) electrons. The highest BCUT2D eigenvalue weighted by Gasteiger charge is 2.47. The molecule has 1 atom stereocenters. The number of hydrogen-bond donors (Lipinski definition) is 0. The Bertz CT molecular complexity index is 264. The van der Waals surface area contributed by atoms with Gasteiger partial charge < -0.3 is 0 Å². The second-order valence-electron chi connectivity index (χ2n) is 7.00. The number of alkyl halides is 1. The molecular formula is C13H25FN2. The monoisotopic (exact) mass is 228 g/mol. The van der Waals surface area contributed by atoms with Crippen molar-refractivity contribution in [2.24, 2.45) is 0 Å². The van der Waals surface area contributed by atoms with Crippen LogP contribution in [0.25, 0.3) is 0 Å². The molecule has 2 fully saturated rings. The van der Waals surface area contributed by atoms with Crippen molar-refractivity contribution >= 4 is 0 Å². The number of nitrogens with zero attached hydrogens (tertiary/aromatic N) is 2. The molecular weight excluding hydrogens is 203 g/mol. The molecule has 0 N–H and O–H groups in total. The lowest BCUT2D eigenvalue weighted by Gasteiger charge is -2.42. The van der Waals surface area contributed by atoms with Crippen LogP contribution in [0.3, 0.4) is 0 Å². The van der Waals surface area contributed by atoms with E-state index in [0.29, 0.717) is 19.1 Å². The highest BCUT2D eigenvalue weighted by atomic mass is 19.1. The molecule has 2 rings (SSSR count). The molecule has 0 saturated carbocycles. The molecule has 3 heteroatoms. The van der Waals surface area contributed by atoms with Gasteiger partial charge in [-0.2, -0.15) is 0 Å². The number of likely N-dealkylation sites (tertiary alicyclic amines) is 2. The Hall–Kier alpha value is -0.150. The van der Waals surface area contributed by atoms with Crippen LogP contribution in [-0.4, -0.2) is 52.7 Å². The summed E-state index contributed by atoms with van der Waals surface area (Å²) in [7, 11) is 0. The molecule has 2 heterocycles. The van der Waals surface area contributed by atoms with Gasteiger partial charge in [-0.1, -0.05) is 0 Å². The van der Waals surface area contributed by atoms with Gasteiger partial charge in [-0.15, -0.1) is 0 Å². The van der Waals surface area contributed by atoms with Crippen LogP contribution in [0.1, 0.15) is 41.0 Å². The largest absolute Gasteiger partial charge is 0.293 e. The third kappa shape index (κ3) is 2.12. The van der Waals surface area contributed by atoms with E-state index < -0.39 is 6.17 Å². The Morgan fingerprint density at radius 1 is 1.12 bits per heavy atom. The summed E-state index contributed by atoms with van der Waals surface area (Å²) in [6.07, 6.45) is 0.587. The van der Waals surface area contributed by atoms with E-state index in [-0.39, 0.29) is 11.1 Å². The minimum absolute atomic E-state index is 0.207. The Balaban J connectivity index is 2.03. The first-order chi connectivity index (χ1) is 7.20. The molecule has 0 bridgehead atoms. The van der Waals surface area contributed by atoms with E-state index >= 15 is 0 Å². The molecule has 94 valence electrons. The number of halogens is 1. The zero-order valence-electron chi connectivity index (χ0n) is 11.3. The Morgan fingerprint density at radius 2 is 1.69 bits per heavy atom. The van der Waals surface area contributed by atoms with E-state index in [0.717, 1.165) is 13.0 Å². The van der Waals surface area contributed by atoms with Crippen molar-refractivity contribution in [3.05, 3.63) is 0 Å². The summed E-state index contributed by atoms with van der Waals surface area (Å²) in [5.41, 5.74) is 0.447. The fraction of sp³-hybridized carbons (Fsp3) is 1.00. The lowest BCUT2D eigenvalue weighted by Crippen LogP contribution is -2.55. The van der Waals surface area contributed by atoms with Gasteiger partial charge >= 0.3 is 0 Å². The van der Waals surface area contributed by atoms with Crippen molar-refractivity contribution in [1.29, 1.82) is 0 Å². The third-order valence-corrected chi connectivity index (χ3v) is 4.05. The summed E-state index contributed by atoms with van der Waals surface area (Å²) >= 11 is 0. The van der Waals surface area contributed by atoms with Crippen LogP contribution in [0.5, 0.6) is 0 Å². The van der Waals surface area contributed by atoms with Crippen molar-refractivity contribution in [3.8, 4) is 0 Å². The van der Waals surface area contributed by atoms with Crippen LogP contribution in [0.4, 0.5) is 4.39 Å². The van der Waals surface area contributed by atoms with E-state index in [1.54, 1.807) is 0 Å². The van der Waals surface area contributed by atoms with Gasteiger partial charge in [0.05, 0.1) is 0 Å². The summed E-state index contributed by atoms with van der Waals surface area (Å²) in [5, 5.41) is 0. The minimum atomic E-state index is -0.577. The zero-order valence-corrected chi connectivity index (χ0v) is 11.3. The van der Waals surface area contributed by atoms with Gasteiger partial charge in [0.15, 0.2) is 0 Å². The van der Waals surface area contributed by atoms with Gasteiger partial charge in [-0.05, 0) is 41.0 Å². The molecule has 2 aliphatic rings. The van der Waals surface area contributed by atoms with Gasteiger partial charge in [0.25, 0.3) is 0 Å². The predicted octanol–water partition coefficient (Wildman–Crippen LogP) is 2.29. The lowest BCUT2D eigenvalue weighted by molar-refractivity contribution is 0.0249. The van der Waals surface area contributed by atoms with Crippen molar-refractivity contribution in [2.75, 3.05) is 19.6 Å². The number of hydrogen-bond acceptors (Lipinski definition) is 2. The second-order valence-corrected chi connectivity index (χ2v) is 7.00. The molecule has 0 aliphatic carbocycles. The fourth-order valence-corrected chi connectivity index (χ4v) is 3.39. The minimum Gasteiger partial charge on any atom is -0.293 e. The fourth-order valence-electron chi connectivity index (χ4n) is 3.39. The molecule has 0 aromatic rings. The van der Waals surface area contributed by atoms with Gasteiger partial charge in [-0.25, -0.2) is 4.39 Å². The van der Waals surface area contributed by atoms with Crippen LogP contribution in [0, 0.1) is 0 Å². The molecule has 0 amide bonds. The normalized spacial score (nSPS) is 33.0. The maximum absolute atomic E-state index is 12.9. The van der Waals surface area contributed by atoms with Crippen LogP contribution < -0.4 is 0 Å². The number of rotatable bonds is 1. The molecule has 2 aliphatic heterocycles. The average Bonchev–Trinajstić information content (AvgIpc) is 2.34. The first-order valence-corrected chi connectivity index (χ1v) is 6.36. The quantitative estimate of drug-likeness (QED) is 0.679. The highest BCUT2D eigenvalue weighted by Crippen LogP contribution is 2.38. The van der Waals surface area contributed by atoms with E-state index in [2.05, 4.69) is 44.4 Å². The van der Waals surface area contributed by atoms with E-state index in [1.165, 1.54) is 0 Å². The first kappa shape index (κ1) is 12.3. The molecule has 16 heavy (non-hydrogen) atoms. The smallest absolute Gasteiger partial charge is 0.125 e. The standard InChI is InChI=1S/C13H25FN2/c1-12(2,3)16-9-11(6-13(16,4)5)15-7-10(14)8-15/h10-11H,6-9H2,1-5H3/t11-/m0/s1. The molecule has 0 aromatic heterocycles. The summed E-state index contributed by atoms with van der Waals surface area (Å²) in [4.78, 5) is 4.87. The second kappa shape index (κ2) is 3.67. The van der Waals surface area contributed by atoms with Crippen molar-refractivity contribution in [3.63, 3.8) is 0 Å². The molecule has 0 unspecified atom stereocenters. The van der Waals surface area contributed by atoms with Crippen LogP contribution in [0.15, 0.2) is 0 Å². The summed E-state index contributed by atoms with van der Waals surface area (Å²) in [5.74, 6) is 0. The summed E-state index contributed by atoms with van der Waals surface area (Å²) in [6, 6.07) is 0.557. The van der Waals surface area contributed by atoms with Gasteiger partial charge in [0.1, 0.15) is 6.17 Å². The summed E-state index contributed by atoms with van der Waals surface area (Å²) < 4.78 is 12.9. The van der Waals surface area contributed by atoms with Crippen LogP contribution in [-0.2, 0) is 0 Å². The third-order valence-electron chi connectivity index (χ3n) is 4.05. The van der Waals surface area contributed by atoms with Crippen molar-refractivity contribution < 1.29 is 4.39 Å². The van der Waals surface area contributed by atoms with Crippen LogP contribution in [0.2, 0.25) is 0 Å². The van der Waals surface area contributed by atoms with E-state index in [1.807, 2.05) is 0 Å². The molecule has 0 spiro atoms. The predicted molar refractivity (Wildman–Crippen MR) is 65.4 cm³/mol. The topological polar surface area (TPSA) is 6.48 Å². The van der Waals surface area contributed by atoms with E-state index in [9.17, 15) is 4.39 Å². The van der Waals surface area contributed by atoms with Gasteiger partial charge in [-0.3, -0.25) is 9.80 Å². The zero-order chi connectivity index (χ0) is 12.1. The van der Waals surface area contributed by atoms with Crippen molar-refractivity contribution in [1.82, 2.24) is 9.80 Å². The molecule has 0 aromatic carbocycles. The van der Waals surface area contributed by atoms with Crippen molar-refractivity contribution in [2.45, 2.75) is 64.3 Å². The Labute approximate surface area is 98.8 Å². The summed E-state index contributed by atoms with van der Waals surface area (Å²) in [6.45, 7) is 13.8. The lowest BCUT2D eigenvalue weighted by atomic mass is 9.94. The SMILES string of the molecule is CC(C)(C)N1C[C@@H](N2CC(F)C2)CC1(C)C. The molecule has 2 saturated heterocycles. The van der Waals surface area contributed by atoms with Crippen LogP contribution >= 0.6 is 0 Å². The Kier molecular flexibility index (Phi) is 2.83. The van der Waals surface area contributed by atoms with Gasteiger partial charge in [0.2, 0.25) is 0 Å². The first-order valence-electron chi connectivity index (χ1n) is 6.36. The van der Waals surface area contributed by atoms with E-state index in [4.69, 9.17) is 0 Å². The average molecular weight is 228 g/mol.